The summed E-state index contributed by atoms with van der Waals surface area (Å²) in [6.45, 7) is 1.92. The van der Waals surface area contributed by atoms with Gasteiger partial charge in [-0.15, -0.1) is 0 Å². The Morgan fingerprint density at radius 1 is 1.60 bits per heavy atom. The van der Waals surface area contributed by atoms with Gasteiger partial charge in [0.15, 0.2) is 5.69 Å². The van der Waals surface area contributed by atoms with Gasteiger partial charge in [-0.05, 0) is 25.9 Å². The van der Waals surface area contributed by atoms with Crippen LogP contribution in [0.3, 0.4) is 0 Å². The molecule has 0 radical (unpaired) electrons. The van der Waals surface area contributed by atoms with E-state index in [4.69, 9.17) is 9.52 Å². The van der Waals surface area contributed by atoms with Crippen LogP contribution in [-0.4, -0.2) is 35.2 Å². The van der Waals surface area contributed by atoms with Crippen LogP contribution < -0.4 is 10.6 Å². The van der Waals surface area contributed by atoms with E-state index in [1.54, 1.807) is 0 Å². The number of hydrogen-bond donors (Lipinski definition) is 3. The third-order valence-corrected chi connectivity index (χ3v) is 2.39. The molecule has 3 N–H and O–H groups in total. The van der Waals surface area contributed by atoms with Crippen LogP contribution in [0.1, 0.15) is 23.3 Å². The van der Waals surface area contributed by atoms with Crippen molar-refractivity contribution in [1.29, 1.82) is 0 Å². The van der Waals surface area contributed by atoms with Gasteiger partial charge >= 0.3 is 5.97 Å². The number of anilines is 1. The highest BCUT2D eigenvalue weighted by Crippen LogP contribution is 2.12. The molecule has 0 saturated carbocycles. The van der Waals surface area contributed by atoms with Crippen LogP contribution in [0, 0.1) is 0 Å². The lowest BCUT2D eigenvalue weighted by Gasteiger charge is -2.22. The van der Waals surface area contributed by atoms with Crippen molar-refractivity contribution in [3.63, 3.8) is 0 Å². The molecule has 1 aromatic rings. The molecule has 15 heavy (non-hydrogen) atoms. The Hall–Kier alpha value is -1.56. The number of carboxylic acid groups (broad SMARTS) is 1. The minimum atomic E-state index is -1.07. The monoisotopic (exact) mass is 211 g/mol. The van der Waals surface area contributed by atoms with Gasteiger partial charge < -0.3 is 20.2 Å². The van der Waals surface area contributed by atoms with Crippen molar-refractivity contribution in [3.05, 3.63) is 12.0 Å². The fourth-order valence-corrected chi connectivity index (χ4v) is 1.58. The second kappa shape index (κ2) is 4.31. The Labute approximate surface area is 86.7 Å². The van der Waals surface area contributed by atoms with E-state index < -0.39 is 5.97 Å². The first-order chi connectivity index (χ1) is 7.25. The van der Waals surface area contributed by atoms with E-state index in [0.717, 1.165) is 32.2 Å². The minimum Gasteiger partial charge on any atom is -0.476 e. The summed E-state index contributed by atoms with van der Waals surface area (Å²) in [4.78, 5) is 14.4. The summed E-state index contributed by atoms with van der Waals surface area (Å²) in [6.07, 6.45) is 3.13. The minimum absolute atomic E-state index is 0.0635. The van der Waals surface area contributed by atoms with E-state index in [1.165, 1.54) is 0 Å². The molecule has 0 bridgehead atoms. The topological polar surface area (TPSA) is 87.4 Å². The fraction of sp³-hybridized carbons (Fsp3) is 0.556. The molecular weight excluding hydrogens is 198 g/mol. The molecule has 1 aromatic heterocycles. The molecule has 6 heteroatoms. The molecule has 0 unspecified atom stereocenters. The maximum absolute atomic E-state index is 10.5. The van der Waals surface area contributed by atoms with Crippen LogP contribution in [-0.2, 0) is 0 Å². The Kier molecular flexibility index (Phi) is 2.86. The predicted molar refractivity (Wildman–Crippen MR) is 53.0 cm³/mol. The van der Waals surface area contributed by atoms with Crippen molar-refractivity contribution in [3.8, 4) is 0 Å². The van der Waals surface area contributed by atoms with Gasteiger partial charge in [-0.2, -0.15) is 4.98 Å². The zero-order valence-electron chi connectivity index (χ0n) is 8.19. The molecule has 1 aliphatic heterocycles. The Morgan fingerprint density at radius 3 is 2.93 bits per heavy atom. The number of oxazole rings is 1. The second-order valence-electron chi connectivity index (χ2n) is 3.51. The van der Waals surface area contributed by atoms with Crippen LogP contribution in [0.5, 0.6) is 0 Å². The van der Waals surface area contributed by atoms with Gasteiger partial charge in [0.1, 0.15) is 6.26 Å². The first-order valence-electron chi connectivity index (χ1n) is 4.92. The van der Waals surface area contributed by atoms with Crippen molar-refractivity contribution in [2.75, 3.05) is 18.4 Å². The SMILES string of the molecule is O=C(O)c1coc(NC2CCNCC2)n1. The summed E-state index contributed by atoms with van der Waals surface area (Å²) >= 11 is 0. The van der Waals surface area contributed by atoms with E-state index in [1.807, 2.05) is 0 Å². The molecule has 0 atom stereocenters. The molecule has 0 aliphatic carbocycles. The second-order valence-corrected chi connectivity index (χ2v) is 3.51. The maximum Gasteiger partial charge on any atom is 0.357 e. The Balaban J connectivity index is 1.94. The van der Waals surface area contributed by atoms with Crippen molar-refractivity contribution >= 4 is 12.0 Å². The third kappa shape index (κ3) is 2.47. The van der Waals surface area contributed by atoms with Crippen LogP contribution in [0.4, 0.5) is 6.01 Å². The van der Waals surface area contributed by atoms with Gasteiger partial charge in [-0.1, -0.05) is 0 Å². The van der Waals surface area contributed by atoms with Gasteiger partial charge in [0.05, 0.1) is 0 Å². The zero-order valence-corrected chi connectivity index (χ0v) is 8.19. The highest BCUT2D eigenvalue weighted by molar-refractivity contribution is 5.85. The summed E-state index contributed by atoms with van der Waals surface area (Å²) in [5.74, 6) is -1.07. The van der Waals surface area contributed by atoms with E-state index >= 15 is 0 Å². The van der Waals surface area contributed by atoms with E-state index in [-0.39, 0.29) is 5.69 Å². The van der Waals surface area contributed by atoms with Gasteiger partial charge in [0, 0.05) is 6.04 Å². The Morgan fingerprint density at radius 2 is 2.33 bits per heavy atom. The molecule has 6 nitrogen and oxygen atoms in total. The van der Waals surface area contributed by atoms with Gasteiger partial charge in [-0.3, -0.25) is 0 Å². The molecule has 1 fully saturated rings. The molecule has 2 heterocycles. The lowest BCUT2D eigenvalue weighted by molar-refractivity contribution is 0.0690. The van der Waals surface area contributed by atoms with Crippen LogP contribution >= 0.6 is 0 Å². The molecule has 0 aromatic carbocycles. The smallest absolute Gasteiger partial charge is 0.357 e. The van der Waals surface area contributed by atoms with Crippen molar-refractivity contribution in [2.45, 2.75) is 18.9 Å². The number of aromatic carboxylic acids is 1. The number of carboxylic acids is 1. The summed E-state index contributed by atoms with van der Waals surface area (Å²) < 4.78 is 5.01. The molecule has 0 spiro atoms. The summed E-state index contributed by atoms with van der Waals surface area (Å²) in [5.41, 5.74) is -0.0635. The first-order valence-corrected chi connectivity index (χ1v) is 4.92. The first kappa shape index (κ1) is 9.97. The number of nitrogens with one attached hydrogen (secondary N) is 2. The number of hydrogen-bond acceptors (Lipinski definition) is 5. The van der Waals surface area contributed by atoms with E-state index in [2.05, 4.69) is 15.6 Å². The number of carbonyl (C=O) groups is 1. The third-order valence-electron chi connectivity index (χ3n) is 2.39. The average molecular weight is 211 g/mol. The molecule has 2 rings (SSSR count). The summed E-state index contributed by atoms with van der Waals surface area (Å²) in [6, 6.07) is 0.603. The van der Waals surface area contributed by atoms with Crippen molar-refractivity contribution in [2.24, 2.45) is 0 Å². The molecule has 82 valence electrons. The van der Waals surface area contributed by atoms with Crippen molar-refractivity contribution < 1.29 is 14.3 Å². The number of nitrogens with zero attached hydrogens (tertiary/aromatic N) is 1. The lowest BCUT2D eigenvalue weighted by Crippen LogP contribution is -2.35. The average Bonchev–Trinajstić information content (AvgIpc) is 2.68. The maximum atomic E-state index is 10.5. The number of aromatic nitrogens is 1. The van der Waals surface area contributed by atoms with Crippen molar-refractivity contribution in [1.82, 2.24) is 10.3 Å². The number of piperidine rings is 1. The standard InChI is InChI=1S/C9H13N3O3/c13-8(14)7-5-15-9(12-7)11-6-1-3-10-4-2-6/h5-6,10H,1-4H2,(H,11,12)(H,13,14). The summed E-state index contributed by atoms with van der Waals surface area (Å²) in [5, 5.41) is 15.0. The molecule has 1 aliphatic rings. The highest BCUT2D eigenvalue weighted by Gasteiger charge is 2.16. The van der Waals surface area contributed by atoms with Gasteiger partial charge in [0.25, 0.3) is 6.01 Å². The summed E-state index contributed by atoms with van der Waals surface area (Å²) in [7, 11) is 0. The van der Waals surface area contributed by atoms with E-state index in [0.29, 0.717) is 12.1 Å². The van der Waals surface area contributed by atoms with Crippen LogP contribution in [0.2, 0.25) is 0 Å². The Bertz CT molecular complexity index is 344. The van der Waals surface area contributed by atoms with Gasteiger partial charge in [-0.25, -0.2) is 4.79 Å². The normalized spacial score (nSPS) is 17.6. The lowest BCUT2D eigenvalue weighted by atomic mass is 10.1. The van der Waals surface area contributed by atoms with Crippen LogP contribution in [0.15, 0.2) is 10.7 Å². The quantitative estimate of drug-likeness (QED) is 0.676. The molecular formula is C9H13N3O3. The number of rotatable bonds is 3. The highest BCUT2D eigenvalue weighted by atomic mass is 16.4. The molecule has 1 saturated heterocycles. The molecule has 0 amide bonds. The van der Waals surface area contributed by atoms with Gasteiger partial charge in [0.2, 0.25) is 0 Å². The largest absolute Gasteiger partial charge is 0.476 e. The zero-order chi connectivity index (χ0) is 10.7. The van der Waals surface area contributed by atoms with E-state index in [9.17, 15) is 4.79 Å². The fourth-order valence-electron chi connectivity index (χ4n) is 1.58. The predicted octanol–water partition coefficient (Wildman–Crippen LogP) is 0.537. The van der Waals surface area contributed by atoms with Crippen LogP contribution in [0.25, 0.3) is 0 Å².